The third-order valence-corrected chi connectivity index (χ3v) is 3.66. The van der Waals surface area contributed by atoms with Crippen LogP contribution in [-0.2, 0) is 6.54 Å². The zero-order valence-electron chi connectivity index (χ0n) is 11.0. The molecule has 1 heterocycles. The fraction of sp³-hybridized carbons (Fsp3) is 0.250. The zero-order chi connectivity index (χ0) is 14.9. The highest BCUT2D eigenvalue weighted by Gasteiger charge is 2.23. The highest BCUT2D eigenvalue weighted by atomic mass is 79.9. The van der Waals surface area contributed by atoms with Gasteiger partial charge in [-0.2, -0.15) is 5.10 Å². The summed E-state index contributed by atoms with van der Waals surface area (Å²) in [6, 6.07) is 5.48. The molecule has 0 atom stereocenters. The van der Waals surface area contributed by atoms with Gasteiger partial charge in [-0.05, 0) is 30.7 Å². The molecule has 20 heavy (non-hydrogen) atoms. The standard InChI is InChI=1S/C12H13BrN4O3/c1-7-11(17(18)19)12(14)16(15-7)6-8-5-9(20-2)3-4-10(8)13/h3-5H,6,14H2,1-2H3. The van der Waals surface area contributed by atoms with Crippen LogP contribution in [0.5, 0.6) is 5.75 Å². The molecule has 1 aromatic carbocycles. The summed E-state index contributed by atoms with van der Waals surface area (Å²) in [7, 11) is 1.57. The number of benzene rings is 1. The molecule has 0 unspecified atom stereocenters. The Morgan fingerprint density at radius 3 is 2.80 bits per heavy atom. The molecule has 0 radical (unpaired) electrons. The molecule has 7 nitrogen and oxygen atoms in total. The molecule has 0 saturated carbocycles. The fourth-order valence-corrected chi connectivity index (χ4v) is 2.27. The first kappa shape index (κ1) is 14.3. The van der Waals surface area contributed by atoms with Gasteiger partial charge in [0.05, 0.1) is 18.6 Å². The number of rotatable bonds is 4. The lowest BCUT2D eigenvalue weighted by Gasteiger charge is -2.08. The lowest BCUT2D eigenvalue weighted by molar-refractivity contribution is -0.384. The van der Waals surface area contributed by atoms with Gasteiger partial charge in [-0.15, -0.1) is 0 Å². The molecule has 2 N–H and O–H groups in total. The maximum Gasteiger partial charge on any atom is 0.333 e. The average Bonchev–Trinajstić information content (AvgIpc) is 2.67. The molecule has 0 aliphatic heterocycles. The minimum Gasteiger partial charge on any atom is -0.497 e. The summed E-state index contributed by atoms with van der Waals surface area (Å²) in [4.78, 5) is 10.4. The number of halogens is 1. The first-order chi connectivity index (χ1) is 9.43. The number of hydrogen-bond acceptors (Lipinski definition) is 5. The molecule has 0 bridgehead atoms. The topological polar surface area (TPSA) is 96.2 Å². The number of nitrogen functional groups attached to an aromatic ring is 1. The molecule has 2 rings (SSSR count). The van der Waals surface area contributed by atoms with Crippen molar-refractivity contribution in [3.63, 3.8) is 0 Å². The van der Waals surface area contributed by atoms with Crippen molar-refractivity contribution in [2.75, 3.05) is 12.8 Å². The van der Waals surface area contributed by atoms with Crippen LogP contribution in [0.3, 0.4) is 0 Å². The molecule has 0 aliphatic carbocycles. The lowest BCUT2D eigenvalue weighted by Crippen LogP contribution is -2.07. The van der Waals surface area contributed by atoms with Gasteiger partial charge in [0.15, 0.2) is 0 Å². The summed E-state index contributed by atoms with van der Waals surface area (Å²) in [6.45, 7) is 1.88. The number of hydrogen-bond donors (Lipinski definition) is 1. The highest BCUT2D eigenvalue weighted by molar-refractivity contribution is 9.10. The van der Waals surface area contributed by atoms with E-state index >= 15 is 0 Å². The van der Waals surface area contributed by atoms with E-state index in [-0.39, 0.29) is 11.5 Å². The maximum absolute atomic E-state index is 10.9. The van der Waals surface area contributed by atoms with Crippen LogP contribution in [0.2, 0.25) is 0 Å². The van der Waals surface area contributed by atoms with E-state index in [2.05, 4.69) is 21.0 Å². The smallest absolute Gasteiger partial charge is 0.333 e. The zero-order valence-corrected chi connectivity index (χ0v) is 12.5. The van der Waals surface area contributed by atoms with Gasteiger partial charge in [0, 0.05) is 4.47 Å². The van der Waals surface area contributed by atoms with Crippen LogP contribution < -0.4 is 10.5 Å². The van der Waals surface area contributed by atoms with Crippen LogP contribution in [0, 0.1) is 17.0 Å². The largest absolute Gasteiger partial charge is 0.497 e. The fourth-order valence-electron chi connectivity index (χ4n) is 1.90. The Labute approximate surface area is 123 Å². The van der Waals surface area contributed by atoms with Crippen molar-refractivity contribution in [2.45, 2.75) is 13.5 Å². The highest BCUT2D eigenvalue weighted by Crippen LogP contribution is 2.28. The Kier molecular flexibility index (Phi) is 3.93. The van der Waals surface area contributed by atoms with Crippen molar-refractivity contribution in [1.29, 1.82) is 0 Å². The van der Waals surface area contributed by atoms with E-state index in [9.17, 15) is 10.1 Å². The molecule has 0 spiro atoms. The van der Waals surface area contributed by atoms with E-state index < -0.39 is 4.92 Å². The van der Waals surface area contributed by atoms with Gasteiger partial charge >= 0.3 is 5.69 Å². The van der Waals surface area contributed by atoms with Gasteiger partial charge < -0.3 is 10.5 Å². The molecule has 0 aliphatic rings. The molecule has 2 aromatic rings. The average molecular weight is 341 g/mol. The molecule has 0 fully saturated rings. The maximum atomic E-state index is 10.9. The first-order valence-corrected chi connectivity index (χ1v) is 6.53. The van der Waals surface area contributed by atoms with Gasteiger partial charge in [-0.3, -0.25) is 10.1 Å². The Balaban J connectivity index is 2.40. The summed E-state index contributed by atoms with van der Waals surface area (Å²) in [5, 5.41) is 15.0. The quantitative estimate of drug-likeness (QED) is 0.681. The van der Waals surface area contributed by atoms with Crippen LogP contribution in [-0.4, -0.2) is 21.8 Å². The van der Waals surface area contributed by atoms with Crippen LogP contribution in [0.25, 0.3) is 0 Å². The van der Waals surface area contributed by atoms with Crippen molar-refractivity contribution in [2.24, 2.45) is 0 Å². The van der Waals surface area contributed by atoms with Gasteiger partial charge in [0.2, 0.25) is 5.82 Å². The molecule has 0 amide bonds. The van der Waals surface area contributed by atoms with E-state index in [1.807, 2.05) is 18.2 Å². The van der Waals surface area contributed by atoms with Crippen molar-refractivity contribution in [3.8, 4) is 5.75 Å². The summed E-state index contributed by atoms with van der Waals surface area (Å²) < 4.78 is 7.42. The second kappa shape index (κ2) is 5.49. The monoisotopic (exact) mass is 340 g/mol. The number of methoxy groups -OCH3 is 1. The van der Waals surface area contributed by atoms with Gasteiger partial charge in [0.25, 0.3) is 0 Å². The third-order valence-electron chi connectivity index (χ3n) is 2.89. The minimum absolute atomic E-state index is 0.0437. The van der Waals surface area contributed by atoms with Crippen molar-refractivity contribution >= 4 is 27.4 Å². The number of nitrogens with zero attached hydrogens (tertiary/aromatic N) is 3. The van der Waals surface area contributed by atoms with Crippen molar-refractivity contribution < 1.29 is 9.66 Å². The SMILES string of the molecule is COc1ccc(Br)c(Cn2nc(C)c([N+](=O)[O-])c2N)c1. The normalized spacial score (nSPS) is 10.6. The van der Waals surface area contributed by atoms with E-state index in [4.69, 9.17) is 10.5 Å². The number of nitrogens with two attached hydrogens (primary N) is 1. The summed E-state index contributed by atoms with van der Waals surface area (Å²) in [6.07, 6.45) is 0. The van der Waals surface area contributed by atoms with Crippen LogP contribution >= 0.6 is 15.9 Å². The first-order valence-electron chi connectivity index (χ1n) is 5.73. The molecule has 8 heteroatoms. The number of aromatic nitrogens is 2. The number of ether oxygens (including phenoxy) is 1. The van der Waals surface area contributed by atoms with E-state index in [1.54, 1.807) is 14.0 Å². The Bertz CT molecular complexity index is 669. The molecular formula is C12H13BrN4O3. The molecular weight excluding hydrogens is 328 g/mol. The molecule has 0 saturated heterocycles. The summed E-state index contributed by atoms with van der Waals surface area (Å²) >= 11 is 3.42. The number of anilines is 1. The number of aryl methyl sites for hydroxylation is 1. The Morgan fingerprint density at radius 1 is 1.55 bits per heavy atom. The second-order valence-electron chi connectivity index (χ2n) is 4.19. The second-order valence-corrected chi connectivity index (χ2v) is 5.05. The Hall–Kier alpha value is -2.09. The predicted molar refractivity (Wildman–Crippen MR) is 77.8 cm³/mol. The van der Waals surface area contributed by atoms with Crippen LogP contribution in [0.15, 0.2) is 22.7 Å². The van der Waals surface area contributed by atoms with E-state index in [0.717, 1.165) is 10.0 Å². The minimum atomic E-state index is -0.519. The lowest BCUT2D eigenvalue weighted by atomic mass is 10.2. The molecule has 106 valence electrons. The third kappa shape index (κ3) is 2.60. The Morgan fingerprint density at radius 2 is 2.25 bits per heavy atom. The number of nitro groups is 1. The summed E-state index contributed by atoms with van der Waals surface area (Å²) in [5.74, 6) is 0.738. The van der Waals surface area contributed by atoms with Crippen molar-refractivity contribution in [1.82, 2.24) is 9.78 Å². The molecule has 1 aromatic heterocycles. The van der Waals surface area contributed by atoms with E-state index in [1.165, 1.54) is 4.68 Å². The van der Waals surface area contributed by atoms with Crippen LogP contribution in [0.1, 0.15) is 11.3 Å². The van der Waals surface area contributed by atoms with Crippen LogP contribution in [0.4, 0.5) is 11.5 Å². The summed E-state index contributed by atoms with van der Waals surface area (Å²) in [5.41, 5.74) is 6.80. The van der Waals surface area contributed by atoms with Gasteiger partial charge in [0.1, 0.15) is 11.4 Å². The van der Waals surface area contributed by atoms with Gasteiger partial charge in [-0.1, -0.05) is 15.9 Å². The predicted octanol–water partition coefficient (Wildman–Crippen LogP) is 2.50. The van der Waals surface area contributed by atoms with E-state index in [0.29, 0.717) is 18.0 Å². The van der Waals surface area contributed by atoms with Gasteiger partial charge in [-0.25, -0.2) is 4.68 Å². The van der Waals surface area contributed by atoms with Crippen molar-refractivity contribution in [3.05, 3.63) is 44.0 Å².